The molecule has 11 heteroatoms. The monoisotopic (exact) mass is 468 g/mol. The Labute approximate surface area is 193 Å². The molecule has 4 aromatic rings. The summed E-state index contributed by atoms with van der Waals surface area (Å²) in [6.45, 7) is 3.73. The van der Waals surface area contributed by atoms with E-state index >= 15 is 0 Å². The van der Waals surface area contributed by atoms with Crippen molar-refractivity contribution in [2.45, 2.75) is 25.8 Å². The second kappa shape index (κ2) is 8.91. The average Bonchev–Trinajstić information content (AvgIpc) is 3.45. The van der Waals surface area contributed by atoms with Crippen LogP contribution in [0.25, 0.3) is 0 Å². The molecule has 10 nitrogen and oxygen atoms in total. The summed E-state index contributed by atoms with van der Waals surface area (Å²) >= 11 is 6.52. The summed E-state index contributed by atoms with van der Waals surface area (Å²) in [6, 6.07) is 6.97. The lowest BCUT2D eigenvalue weighted by Gasteiger charge is -2.27. The van der Waals surface area contributed by atoms with E-state index in [0.717, 1.165) is 11.3 Å². The minimum atomic E-state index is -0.769. The van der Waals surface area contributed by atoms with Crippen LogP contribution in [0.3, 0.4) is 0 Å². The highest BCUT2D eigenvalue weighted by Crippen LogP contribution is 2.37. The van der Waals surface area contributed by atoms with Gasteiger partial charge in [0.2, 0.25) is 5.75 Å². The molecule has 2 atom stereocenters. The zero-order valence-corrected chi connectivity index (χ0v) is 18.8. The molecule has 0 fully saturated rings. The third kappa shape index (κ3) is 4.24. The number of imidazole rings is 1. The highest BCUT2D eigenvalue weighted by atomic mass is 35.5. The highest BCUT2D eigenvalue weighted by Gasteiger charge is 2.30. The zero-order chi connectivity index (χ0) is 23.7. The van der Waals surface area contributed by atoms with E-state index in [1.54, 1.807) is 12.4 Å². The van der Waals surface area contributed by atoms with Gasteiger partial charge in [0, 0.05) is 24.2 Å². The van der Waals surface area contributed by atoms with E-state index in [1.807, 2.05) is 42.8 Å². The van der Waals surface area contributed by atoms with Crippen LogP contribution in [0.1, 0.15) is 46.5 Å². The summed E-state index contributed by atoms with van der Waals surface area (Å²) in [7, 11) is 1.49. The van der Waals surface area contributed by atoms with Crippen molar-refractivity contribution >= 4 is 23.2 Å². The van der Waals surface area contributed by atoms with Crippen LogP contribution in [0.2, 0.25) is 5.02 Å². The molecule has 2 N–H and O–H groups in total. The van der Waals surface area contributed by atoms with Gasteiger partial charge in [0.15, 0.2) is 5.69 Å². The van der Waals surface area contributed by atoms with Gasteiger partial charge in [-0.05, 0) is 18.6 Å². The molecule has 170 valence electrons. The van der Waals surface area contributed by atoms with Gasteiger partial charge >= 0.3 is 0 Å². The number of halogens is 1. The average molecular weight is 469 g/mol. The van der Waals surface area contributed by atoms with E-state index in [9.17, 15) is 14.7 Å². The standard InChI is InChI=1S/C22H21ClN6O4/c1-12-9-29(11-24-12)18(15-6-4-5-7-16(15)23)13(2)20-27-17(19(30)22(32)28(20)3)21(31)26-14-8-25-33-10-14/h4-11,13,18,30H,1-3H3,(H,26,31)/t13-,18+/m0/s1. The molecule has 1 amide bonds. The van der Waals surface area contributed by atoms with Crippen LogP contribution in [-0.4, -0.2) is 35.3 Å². The summed E-state index contributed by atoms with van der Waals surface area (Å²) < 4.78 is 7.81. The highest BCUT2D eigenvalue weighted by molar-refractivity contribution is 6.31. The first-order chi connectivity index (χ1) is 15.8. The number of hydrogen-bond donors (Lipinski definition) is 2. The zero-order valence-electron chi connectivity index (χ0n) is 18.1. The number of carbonyl (C=O) groups is 1. The first-order valence-corrected chi connectivity index (χ1v) is 10.4. The maximum absolute atomic E-state index is 12.8. The van der Waals surface area contributed by atoms with Crippen molar-refractivity contribution in [3.05, 3.63) is 87.4 Å². The van der Waals surface area contributed by atoms with Crippen LogP contribution in [-0.2, 0) is 7.05 Å². The fourth-order valence-electron chi connectivity index (χ4n) is 3.77. The molecule has 0 radical (unpaired) electrons. The number of nitrogens with zero attached hydrogens (tertiary/aromatic N) is 5. The Morgan fingerprint density at radius 2 is 2.06 bits per heavy atom. The van der Waals surface area contributed by atoms with E-state index in [2.05, 4.69) is 20.4 Å². The molecule has 4 rings (SSSR count). The van der Waals surface area contributed by atoms with Gasteiger partial charge in [-0.15, -0.1) is 0 Å². The smallest absolute Gasteiger partial charge is 0.296 e. The summed E-state index contributed by atoms with van der Waals surface area (Å²) in [5.41, 5.74) is 0.713. The normalized spacial score (nSPS) is 13.0. The number of aromatic hydroxyl groups is 1. The molecule has 0 saturated heterocycles. The number of nitrogens with one attached hydrogen (secondary N) is 1. The summed E-state index contributed by atoms with van der Waals surface area (Å²) in [6.07, 6.45) is 6.04. The molecule has 33 heavy (non-hydrogen) atoms. The van der Waals surface area contributed by atoms with Gasteiger partial charge in [0.1, 0.15) is 17.8 Å². The van der Waals surface area contributed by atoms with Crippen molar-refractivity contribution in [3.8, 4) is 5.75 Å². The minimum Gasteiger partial charge on any atom is -0.501 e. The van der Waals surface area contributed by atoms with Gasteiger partial charge in [0.25, 0.3) is 11.5 Å². The molecule has 1 aromatic carbocycles. The van der Waals surface area contributed by atoms with Crippen molar-refractivity contribution in [2.24, 2.45) is 7.05 Å². The van der Waals surface area contributed by atoms with Crippen LogP contribution in [0, 0.1) is 6.92 Å². The molecule has 0 aliphatic heterocycles. The van der Waals surface area contributed by atoms with E-state index in [1.165, 1.54) is 24.1 Å². The predicted octanol–water partition coefficient (Wildman–Crippen LogP) is 3.28. The van der Waals surface area contributed by atoms with Gasteiger partial charge in [-0.1, -0.05) is 41.9 Å². The van der Waals surface area contributed by atoms with Crippen LogP contribution >= 0.6 is 11.6 Å². The van der Waals surface area contributed by atoms with Gasteiger partial charge in [-0.2, -0.15) is 0 Å². The van der Waals surface area contributed by atoms with Gasteiger partial charge < -0.3 is 19.5 Å². The third-order valence-corrected chi connectivity index (χ3v) is 5.71. The minimum absolute atomic E-state index is 0.263. The summed E-state index contributed by atoms with van der Waals surface area (Å²) in [5, 5.41) is 16.9. The number of carbonyl (C=O) groups excluding carboxylic acids is 1. The third-order valence-electron chi connectivity index (χ3n) is 5.36. The van der Waals surface area contributed by atoms with Crippen molar-refractivity contribution in [1.82, 2.24) is 24.3 Å². The van der Waals surface area contributed by atoms with Crippen molar-refractivity contribution in [2.75, 3.05) is 5.32 Å². The number of benzene rings is 1. The van der Waals surface area contributed by atoms with Crippen molar-refractivity contribution < 1.29 is 14.4 Å². The fourth-order valence-corrected chi connectivity index (χ4v) is 4.01. The summed E-state index contributed by atoms with van der Waals surface area (Å²) in [4.78, 5) is 34.3. The van der Waals surface area contributed by atoms with E-state index in [-0.39, 0.29) is 11.5 Å². The quantitative estimate of drug-likeness (QED) is 0.444. The molecule has 0 saturated carbocycles. The van der Waals surface area contributed by atoms with Crippen LogP contribution in [0.5, 0.6) is 5.75 Å². The maximum Gasteiger partial charge on any atom is 0.296 e. The number of aryl methyl sites for hydroxylation is 1. The molecule has 0 bridgehead atoms. The Balaban J connectivity index is 1.83. The predicted molar refractivity (Wildman–Crippen MR) is 121 cm³/mol. The van der Waals surface area contributed by atoms with Crippen LogP contribution < -0.4 is 10.9 Å². The van der Waals surface area contributed by atoms with Crippen molar-refractivity contribution in [1.29, 1.82) is 0 Å². The lowest BCUT2D eigenvalue weighted by atomic mass is 9.93. The number of rotatable bonds is 6. The summed E-state index contributed by atoms with van der Waals surface area (Å²) in [5.74, 6) is -1.69. The van der Waals surface area contributed by atoms with E-state index in [4.69, 9.17) is 16.1 Å². The first-order valence-electron chi connectivity index (χ1n) is 10.0. The molecular formula is C22H21ClN6O4. The first kappa shape index (κ1) is 22.3. The van der Waals surface area contributed by atoms with Crippen LogP contribution in [0.4, 0.5) is 5.69 Å². The van der Waals surface area contributed by atoms with Gasteiger partial charge in [-0.25, -0.2) is 9.97 Å². The SMILES string of the molecule is Cc1cn([C@@H](c2ccccc2Cl)[C@H](C)c2nc(C(=O)Nc3cnoc3)c(O)c(=O)n2C)cn1. The number of anilines is 1. The number of amides is 1. The van der Waals surface area contributed by atoms with Crippen molar-refractivity contribution in [3.63, 3.8) is 0 Å². The number of hydrogen-bond acceptors (Lipinski definition) is 7. The Bertz CT molecular complexity index is 1360. The second-order valence-electron chi connectivity index (χ2n) is 7.62. The Morgan fingerprint density at radius 1 is 1.30 bits per heavy atom. The fraction of sp³-hybridized carbons (Fsp3) is 0.227. The van der Waals surface area contributed by atoms with Gasteiger partial charge in [0.05, 0.1) is 24.3 Å². The van der Waals surface area contributed by atoms with Crippen LogP contribution in [0.15, 0.2) is 58.6 Å². The lowest BCUT2D eigenvalue weighted by molar-refractivity contribution is 0.101. The molecule has 3 aromatic heterocycles. The van der Waals surface area contributed by atoms with Gasteiger partial charge in [-0.3, -0.25) is 14.2 Å². The van der Waals surface area contributed by atoms with E-state index < -0.39 is 34.9 Å². The molecular weight excluding hydrogens is 448 g/mol. The van der Waals surface area contributed by atoms with E-state index in [0.29, 0.717) is 5.02 Å². The Hall–Kier alpha value is -3.92. The lowest BCUT2D eigenvalue weighted by Crippen LogP contribution is -2.30. The largest absolute Gasteiger partial charge is 0.501 e. The topological polar surface area (TPSA) is 128 Å². The Morgan fingerprint density at radius 3 is 2.70 bits per heavy atom. The molecule has 0 aliphatic rings. The second-order valence-corrected chi connectivity index (χ2v) is 8.02. The molecule has 0 unspecified atom stereocenters. The molecule has 3 heterocycles. The molecule has 0 aliphatic carbocycles. The molecule has 0 spiro atoms. The Kier molecular flexibility index (Phi) is 6.01. The maximum atomic E-state index is 12.8. The number of aromatic nitrogens is 5.